The second kappa shape index (κ2) is 11.0. The van der Waals surface area contributed by atoms with Crippen molar-refractivity contribution in [3.63, 3.8) is 0 Å². The Balaban J connectivity index is 1.04. The van der Waals surface area contributed by atoms with E-state index in [9.17, 15) is 19.2 Å². The van der Waals surface area contributed by atoms with Crippen molar-refractivity contribution in [1.29, 1.82) is 0 Å². The van der Waals surface area contributed by atoms with Crippen molar-refractivity contribution in [2.45, 2.75) is 19.4 Å². The number of hydrogen-bond donors (Lipinski definition) is 0. The first kappa shape index (κ1) is 26.9. The maximum absolute atomic E-state index is 13.7. The van der Waals surface area contributed by atoms with E-state index in [1.807, 2.05) is 41.3 Å². The summed E-state index contributed by atoms with van der Waals surface area (Å²) in [5, 5.41) is 0.951. The molecule has 3 aliphatic heterocycles. The van der Waals surface area contributed by atoms with Gasteiger partial charge in [0.15, 0.2) is 5.76 Å². The van der Waals surface area contributed by atoms with Crippen molar-refractivity contribution in [2.24, 2.45) is 5.92 Å². The quantitative estimate of drug-likeness (QED) is 0.332. The van der Waals surface area contributed by atoms with Gasteiger partial charge >= 0.3 is 0 Å². The molecule has 0 spiro atoms. The SMILES string of the molecule is O=C(c1ccco1)N1CCN(C(=O)C2CCCN(c3cccc4c3C(=O)N(Cc3cnc5ccccc5c3)C4=O)C2)CC1. The second-order valence-electron chi connectivity index (χ2n) is 11.3. The standard InChI is InChI=1S/C33H31N5O5/c39-30(35-13-15-36(16-14-35)32(41)28-11-5-17-43-28)24-7-4-12-37(21-24)27-10-3-8-25-29(27)33(42)38(31(25)40)20-22-18-23-6-1-2-9-26(23)34-19-22/h1-3,5-6,8-11,17-19,24H,4,7,12-16,20-21H2. The number of para-hydroxylation sites is 1. The van der Waals surface area contributed by atoms with Crippen LogP contribution in [0.4, 0.5) is 5.69 Å². The summed E-state index contributed by atoms with van der Waals surface area (Å²) in [5.74, 6) is -0.669. The Labute approximate surface area is 248 Å². The van der Waals surface area contributed by atoms with E-state index in [4.69, 9.17) is 4.42 Å². The minimum Gasteiger partial charge on any atom is -0.459 e. The number of hydrogen-bond acceptors (Lipinski definition) is 7. The molecule has 0 saturated carbocycles. The van der Waals surface area contributed by atoms with Gasteiger partial charge in [-0.15, -0.1) is 0 Å². The Bertz CT molecular complexity index is 1730. The lowest BCUT2D eigenvalue weighted by Gasteiger charge is -2.39. The fourth-order valence-corrected chi connectivity index (χ4v) is 6.45. The van der Waals surface area contributed by atoms with Crippen LogP contribution in [0.25, 0.3) is 10.9 Å². The molecule has 5 heterocycles. The predicted octanol–water partition coefficient (Wildman–Crippen LogP) is 3.83. The molecule has 218 valence electrons. The molecule has 4 aromatic rings. The zero-order valence-corrected chi connectivity index (χ0v) is 23.6. The largest absolute Gasteiger partial charge is 0.459 e. The normalized spacial score (nSPS) is 18.8. The highest BCUT2D eigenvalue weighted by Gasteiger charge is 2.40. The molecule has 0 N–H and O–H groups in total. The van der Waals surface area contributed by atoms with Gasteiger partial charge in [0.2, 0.25) is 5.91 Å². The van der Waals surface area contributed by atoms with Gasteiger partial charge in [-0.1, -0.05) is 24.3 Å². The summed E-state index contributed by atoms with van der Waals surface area (Å²) in [6.45, 7) is 3.14. The van der Waals surface area contributed by atoms with Crippen LogP contribution in [0.2, 0.25) is 0 Å². The number of aromatic nitrogens is 1. The van der Waals surface area contributed by atoms with Gasteiger partial charge in [0.1, 0.15) is 0 Å². The summed E-state index contributed by atoms with van der Waals surface area (Å²) >= 11 is 0. The number of piperazine rings is 1. The Morgan fingerprint density at radius 1 is 0.884 bits per heavy atom. The average molecular weight is 578 g/mol. The molecule has 7 rings (SSSR count). The topological polar surface area (TPSA) is 107 Å². The molecule has 3 aliphatic rings. The lowest BCUT2D eigenvalue weighted by atomic mass is 9.94. The lowest BCUT2D eigenvalue weighted by Crippen LogP contribution is -2.53. The minimum atomic E-state index is -0.324. The number of imide groups is 1. The van der Waals surface area contributed by atoms with E-state index in [0.29, 0.717) is 61.8 Å². The molecule has 1 unspecified atom stereocenters. The van der Waals surface area contributed by atoms with E-state index >= 15 is 0 Å². The number of anilines is 1. The summed E-state index contributed by atoms with van der Waals surface area (Å²) in [5.41, 5.74) is 3.13. The van der Waals surface area contributed by atoms with Gasteiger partial charge in [-0.25, -0.2) is 0 Å². The molecule has 4 amide bonds. The van der Waals surface area contributed by atoms with Gasteiger partial charge in [-0.3, -0.25) is 29.1 Å². The third kappa shape index (κ3) is 4.92. The monoisotopic (exact) mass is 577 g/mol. The van der Waals surface area contributed by atoms with Crippen LogP contribution in [0.5, 0.6) is 0 Å². The van der Waals surface area contributed by atoms with Crippen LogP contribution >= 0.6 is 0 Å². The number of carbonyl (C=O) groups excluding carboxylic acids is 4. The van der Waals surface area contributed by atoms with E-state index in [1.165, 1.54) is 11.2 Å². The molecule has 2 aromatic heterocycles. The molecule has 2 fully saturated rings. The predicted molar refractivity (Wildman–Crippen MR) is 159 cm³/mol. The van der Waals surface area contributed by atoms with Crippen LogP contribution in [0.3, 0.4) is 0 Å². The van der Waals surface area contributed by atoms with Crippen LogP contribution in [-0.4, -0.2) is 82.6 Å². The third-order valence-electron chi connectivity index (χ3n) is 8.69. The van der Waals surface area contributed by atoms with Crippen molar-refractivity contribution in [3.8, 4) is 0 Å². The smallest absolute Gasteiger partial charge is 0.289 e. The van der Waals surface area contributed by atoms with E-state index in [0.717, 1.165) is 29.3 Å². The highest BCUT2D eigenvalue weighted by molar-refractivity contribution is 6.23. The van der Waals surface area contributed by atoms with Crippen LogP contribution < -0.4 is 4.90 Å². The Kier molecular flexibility index (Phi) is 6.89. The number of fused-ring (bicyclic) bond motifs is 2. The number of rotatable bonds is 5. The number of furan rings is 1. The molecule has 0 radical (unpaired) electrons. The summed E-state index contributed by atoms with van der Waals surface area (Å²) in [7, 11) is 0. The third-order valence-corrected chi connectivity index (χ3v) is 8.69. The summed E-state index contributed by atoms with van der Waals surface area (Å²) < 4.78 is 5.24. The maximum atomic E-state index is 13.7. The molecule has 2 saturated heterocycles. The van der Waals surface area contributed by atoms with Crippen LogP contribution in [0.15, 0.2) is 77.5 Å². The molecule has 0 aliphatic carbocycles. The number of pyridine rings is 1. The van der Waals surface area contributed by atoms with Gasteiger partial charge < -0.3 is 19.1 Å². The van der Waals surface area contributed by atoms with E-state index < -0.39 is 0 Å². The molecule has 10 heteroatoms. The Morgan fingerprint density at radius 2 is 1.70 bits per heavy atom. The number of amides is 4. The molecule has 2 aromatic carbocycles. The van der Waals surface area contributed by atoms with E-state index in [2.05, 4.69) is 9.88 Å². The summed E-state index contributed by atoms with van der Waals surface area (Å²) in [6, 6.07) is 18.4. The Morgan fingerprint density at radius 3 is 2.51 bits per heavy atom. The first-order chi connectivity index (χ1) is 21.0. The number of nitrogens with zero attached hydrogens (tertiary/aromatic N) is 5. The first-order valence-electron chi connectivity index (χ1n) is 14.7. The van der Waals surface area contributed by atoms with Crippen molar-refractivity contribution in [1.82, 2.24) is 19.7 Å². The summed E-state index contributed by atoms with van der Waals surface area (Å²) in [6.07, 6.45) is 4.74. The van der Waals surface area contributed by atoms with Gasteiger partial charge in [-0.05, 0) is 54.8 Å². The van der Waals surface area contributed by atoms with Crippen molar-refractivity contribution in [3.05, 3.63) is 95.6 Å². The number of piperidine rings is 1. The number of benzene rings is 2. The van der Waals surface area contributed by atoms with E-state index in [-0.39, 0.29) is 36.1 Å². The van der Waals surface area contributed by atoms with Crippen LogP contribution in [0, 0.1) is 5.92 Å². The fraction of sp³-hybridized carbons (Fsp3) is 0.303. The average Bonchev–Trinajstić information content (AvgIpc) is 3.68. The summed E-state index contributed by atoms with van der Waals surface area (Å²) in [4.78, 5) is 64.7. The molecule has 43 heavy (non-hydrogen) atoms. The molecule has 0 bridgehead atoms. The van der Waals surface area contributed by atoms with Gasteiger partial charge in [-0.2, -0.15) is 0 Å². The van der Waals surface area contributed by atoms with Crippen LogP contribution in [0.1, 0.15) is 49.7 Å². The van der Waals surface area contributed by atoms with Crippen molar-refractivity contribution >= 4 is 40.2 Å². The molecule has 10 nitrogen and oxygen atoms in total. The second-order valence-corrected chi connectivity index (χ2v) is 11.3. The Hall–Kier alpha value is -4.99. The van der Waals surface area contributed by atoms with Gasteiger partial charge in [0.25, 0.3) is 17.7 Å². The van der Waals surface area contributed by atoms with Gasteiger partial charge in [0.05, 0.1) is 41.1 Å². The van der Waals surface area contributed by atoms with E-state index in [1.54, 1.807) is 35.4 Å². The fourth-order valence-electron chi connectivity index (χ4n) is 6.45. The lowest BCUT2D eigenvalue weighted by molar-refractivity contribution is -0.137. The first-order valence-corrected chi connectivity index (χ1v) is 14.7. The zero-order chi connectivity index (χ0) is 29.5. The van der Waals surface area contributed by atoms with Crippen molar-refractivity contribution < 1.29 is 23.6 Å². The zero-order valence-electron chi connectivity index (χ0n) is 23.6. The maximum Gasteiger partial charge on any atom is 0.289 e. The van der Waals surface area contributed by atoms with Crippen LogP contribution in [-0.2, 0) is 11.3 Å². The molecule has 1 atom stereocenters. The highest BCUT2D eigenvalue weighted by atomic mass is 16.3. The minimum absolute atomic E-state index is 0.0650. The van der Waals surface area contributed by atoms with Crippen molar-refractivity contribution in [2.75, 3.05) is 44.2 Å². The van der Waals surface area contributed by atoms with Gasteiger partial charge in [0, 0.05) is 50.9 Å². The highest BCUT2D eigenvalue weighted by Crippen LogP contribution is 2.35. The molecular weight excluding hydrogens is 546 g/mol. The number of carbonyl (C=O) groups is 4. The molecular formula is C33H31N5O5.